The zero-order valence-electron chi connectivity index (χ0n) is 5.87. The van der Waals surface area contributed by atoms with Crippen LogP contribution in [0.4, 0.5) is 5.69 Å². The van der Waals surface area contributed by atoms with Crippen LogP contribution in [0.3, 0.4) is 0 Å². The molecule has 0 radical (unpaired) electrons. The second-order valence-corrected chi connectivity index (χ2v) is 3.95. The first-order chi connectivity index (χ1) is 4.86. The topological polar surface area (TPSA) is 16.6 Å². The lowest BCUT2D eigenvalue weighted by Crippen LogP contribution is -2.80. The molecule has 1 unspecified atom stereocenters. The molecule has 2 heteroatoms. The highest BCUT2D eigenvalue weighted by molar-refractivity contribution is 8.00. The number of hydrogen-bond donors (Lipinski definition) is 1. The van der Waals surface area contributed by atoms with Gasteiger partial charge in [-0.2, -0.15) is 0 Å². The molecule has 0 bridgehead atoms. The highest BCUT2D eigenvalue weighted by Gasteiger charge is 2.20. The summed E-state index contributed by atoms with van der Waals surface area (Å²) in [6, 6.07) is 8.54. The highest BCUT2D eigenvalue weighted by atomic mass is 32.2. The normalized spacial score (nSPS) is 22.7. The van der Waals surface area contributed by atoms with Crippen LogP contribution in [0.15, 0.2) is 29.2 Å². The van der Waals surface area contributed by atoms with E-state index in [2.05, 4.69) is 36.5 Å². The molecule has 0 saturated carbocycles. The molecule has 1 aliphatic heterocycles. The predicted octanol–water partition coefficient (Wildman–Crippen LogP) is 1.33. The van der Waals surface area contributed by atoms with Gasteiger partial charge < -0.3 is 5.32 Å². The van der Waals surface area contributed by atoms with Crippen molar-refractivity contribution in [2.45, 2.75) is 17.2 Å². The van der Waals surface area contributed by atoms with Crippen LogP contribution < -0.4 is 5.32 Å². The molecular weight excluding hydrogens is 142 g/mol. The number of quaternary nitrogens is 1. The van der Waals surface area contributed by atoms with Gasteiger partial charge in [0.05, 0.1) is 4.90 Å². The Morgan fingerprint density at radius 3 is 3.00 bits per heavy atom. The highest BCUT2D eigenvalue weighted by Crippen LogP contribution is 2.30. The van der Waals surface area contributed by atoms with Gasteiger partial charge in [-0.05, 0) is 13.0 Å². The summed E-state index contributed by atoms with van der Waals surface area (Å²) in [6.45, 7) is 2.23. The molecule has 0 aromatic heterocycles. The number of benzene rings is 1. The number of nitrogens with two attached hydrogens (primary N) is 1. The van der Waals surface area contributed by atoms with Gasteiger partial charge in [0.25, 0.3) is 0 Å². The van der Waals surface area contributed by atoms with Gasteiger partial charge in [-0.1, -0.05) is 23.9 Å². The smallest absolute Gasteiger partial charge is 0.144 e. The van der Waals surface area contributed by atoms with E-state index in [1.54, 1.807) is 0 Å². The maximum absolute atomic E-state index is 2.31. The first kappa shape index (κ1) is 6.25. The quantitative estimate of drug-likeness (QED) is 0.555. The molecule has 0 amide bonds. The van der Waals surface area contributed by atoms with Crippen molar-refractivity contribution in [3.63, 3.8) is 0 Å². The largest absolute Gasteiger partial charge is 0.302 e. The van der Waals surface area contributed by atoms with E-state index in [0.29, 0.717) is 5.37 Å². The summed E-state index contributed by atoms with van der Waals surface area (Å²) in [4.78, 5) is 1.43. The summed E-state index contributed by atoms with van der Waals surface area (Å²) in [5, 5.41) is 2.97. The molecule has 1 nitrogen and oxygen atoms in total. The van der Waals surface area contributed by atoms with Crippen molar-refractivity contribution in [3.05, 3.63) is 24.3 Å². The number of thioether (sulfide) groups is 1. The van der Waals surface area contributed by atoms with Crippen LogP contribution >= 0.6 is 11.8 Å². The zero-order valence-corrected chi connectivity index (χ0v) is 6.69. The van der Waals surface area contributed by atoms with Gasteiger partial charge in [0.1, 0.15) is 11.1 Å². The predicted molar refractivity (Wildman–Crippen MR) is 43.3 cm³/mol. The fraction of sp³-hybridized carbons (Fsp3) is 0.250. The lowest BCUT2D eigenvalue weighted by Gasteiger charge is -1.92. The Labute approximate surface area is 64.8 Å². The Morgan fingerprint density at radius 2 is 2.20 bits per heavy atom. The first-order valence-corrected chi connectivity index (χ1v) is 4.35. The fourth-order valence-corrected chi connectivity index (χ4v) is 2.26. The SMILES string of the molecule is CC1[NH2+]c2ccccc2S1. The van der Waals surface area contributed by atoms with Crippen LogP contribution in [-0.4, -0.2) is 5.37 Å². The summed E-state index contributed by atoms with van der Waals surface area (Å²) < 4.78 is 0. The molecule has 1 aromatic rings. The number of hydrogen-bond acceptors (Lipinski definition) is 1. The van der Waals surface area contributed by atoms with E-state index in [-0.39, 0.29) is 0 Å². The Balaban J connectivity index is 2.42. The lowest BCUT2D eigenvalue weighted by atomic mass is 10.3. The van der Waals surface area contributed by atoms with Gasteiger partial charge in [0.15, 0.2) is 0 Å². The van der Waals surface area contributed by atoms with Gasteiger partial charge in [-0.25, -0.2) is 0 Å². The van der Waals surface area contributed by atoms with Crippen molar-refractivity contribution >= 4 is 17.4 Å². The molecule has 10 heavy (non-hydrogen) atoms. The fourth-order valence-electron chi connectivity index (χ4n) is 1.21. The number of fused-ring (bicyclic) bond motifs is 1. The molecule has 52 valence electrons. The molecule has 0 aliphatic carbocycles. The van der Waals surface area contributed by atoms with Crippen LogP contribution in [0.1, 0.15) is 6.92 Å². The van der Waals surface area contributed by atoms with Gasteiger partial charge in [-0.3, -0.25) is 0 Å². The minimum atomic E-state index is 0.664. The number of para-hydroxylation sites is 1. The third-order valence-electron chi connectivity index (χ3n) is 1.65. The molecule has 1 aliphatic rings. The second kappa shape index (κ2) is 2.29. The standard InChI is InChI=1S/C8H9NS/c1-6-9-7-4-2-3-5-8(7)10-6/h2-6,9H,1H3/p+1. The van der Waals surface area contributed by atoms with Crippen LogP contribution in [0, 0.1) is 0 Å². The molecule has 0 spiro atoms. The minimum Gasteiger partial charge on any atom is -0.302 e. The lowest BCUT2D eigenvalue weighted by molar-refractivity contribution is -0.579. The third-order valence-corrected chi connectivity index (χ3v) is 2.78. The van der Waals surface area contributed by atoms with E-state index in [1.807, 2.05) is 11.8 Å². The maximum Gasteiger partial charge on any atom is 0.144 e. The van der Waals surface area contributed by atoms with E-state index in [4.69, 9.17) is 0 Å². The summed E-state index contributed by atoms with van der Waals surface area (Å²) in [5.41, 5.74) is 1.40. The Morgan fingerprint density at radius 1 is 1.40 bits per heavy atom. The van der Waals surface area contributed by atoms with Crippen molar-refractivity contribution in [2.24, 2.45) is 0 Å². The van der Waals surface area contributed by atoms with Crippen molar-refractivity contribution in [1.29, 1.82) is 0 Å². The van der Waals surface area contributed by atoms with Crippen LogP contribution in [0.25, 0.3) is 0 Å². The minimum absolute atomic E-state index is 0.664. The van der Waals surface area contributed by atoms with Crippen molar-refractivity contribution in [1.82, 2.24) is 0 Å². The average molecular weight is 152 g/mol. The molecule has 2 rings (SSSR count). The van der Waals surface area contributed by atoms with Gasteiger partial charge >= 0.3 is 0 Å². The molecule has 1 heterocycles. The molecule has 0 saturated heterocycles. The van der Waals surface area contributed by atoms with Crippen LogP contribution in [0.5, 0.6) is 0 Å². The zero-order chi connectivity index (χ0) is 6.97. The van der Waals surface area contributed by atoms with Gasteiger partial charge in [0.2, 0.25) is 0 Å². The van der Waals surface area contributed by atoms with Crippen LogP contribution in [0.2, 0.25) is 0 Å². The monoisotopic (exact) mass is 152 g/mol. The molecule has 1 aromatic carbocycles. The molecule has 1 atom stereocenters. The summed E-state index contributed by atoms with van der Waals surface area (Å²) in [7, 11) is 0. The Hall–Kier alpha value is -0.470. The summed E-state index contributed by atoms with van der Waals surface area (Å²) in [6.07, 6.45) is 0. The number of rotatable bonds is 0. The van der Waals surface area contributed by atoms with E-state index < -0.39 is 0 Å². The van der Waals surface area contributed by atoms with E-state index in [0.717, 1.165) is 0 Å². The van der Waals surface area contributed by atoms with E-state index in [9.17, 15) is 0 Å². The summed E-state index contributed by atoms with van der Waals surface area (Å²) >= 11 is 1.94. The average Bonchev–Trinajstić information content (AvgIpc) is 2.27. The van der Waals surface area contributed by atoms with E-state index in [1.165, 1.54) is 10.6 Å². The van der Waals surface area contributed by atoms with Crippen molar-refractivity contribution < 1.29 is 5.32 Å². The van der Waals surface area contributed by atoms with Gasteiger partial charge in [-0.15, -0.1) is 0 Å². The Bertz CT molecular complexity index is 222. The third kappa shape index (κ3) is 0.935. The van der Waals surface area contributed by atoms with E-state index >= 15 is 0 Å². The van der Waals surface area contributed by atoms with Gasteiger partial charge in [0, 0.05) is 6.07 Å². The summed E-state index contributed by atoms with van der Waals surface area (Å²) in [5.74, 6) is 0. The molecule has 0 fully saturated rings. The molecule has 2 N–H and O–H groups in total. The maximum atomic E-state index is 2.31. The second-order valence-electron chi connectivity index (χ2n) is 2.53. The molecular formula is C8H10NS+. The van der Waals surface area contributed by atoms with Crippen molar-refractivity contribution in [2.75, 3.05) is 0 Å². The Kier molecular flexibility index (Phi) is 1.43. The first-order valence-electron chi connectivity index (χ1n) is 3.47. The van der Waals surface area contributed by atoms with Crippen molar-refractivity contribution in [3.8, 4) is 0 Å². The van der Waals surface area contributed by atoms with Crippen LogP contribution in [-0.2, 0) is 0 Å².